The first-order chi connectivity index (χ1) is 15.6. The summed E-state index contributed by atoms with van der Waals surface area (Å²) in [6.45, 7) is -0.234. The van der Waals surface area contributed by atoms with Crippen molar-refractivity contribution in [2.24, 2.45) is 0 Å². The van der Waals surface area contributed by atoms with Gasteiger partial charge in [0.15, 0.2) is 12.4 Å². The predicted octanol–water partition coefficient (Wildman–Crippen LogP) is 4.70. The summed E-state index contributed by atoms with van der Waals surface area (Å²) in [5, 5.41) is 3.40. The fourth-order valence-corrected chi connectivity index (χ4v) is 3.20. The molecule has 7 nitrogen and oxygen atoms in total. The van der Waals surface area contributed by atoms with E-state index >= 15 is 0 Å². The van der Waals surface area contributed by atoms with Crippen LogP contribution in [0.1, 0.15) is 16.1 Å². The number of rotatable bonds is 8. The average Bonchev–Trinajstić information content (AvgIpc) is 3.21. The number of fused-ring (bicyclic) bond motifs is 1. The van der Waals surface area contributed by atoms with Gasteiger partial charge in [-0.2, -0.15) is 0 Å². The summed E-state index contributed by atoms with van der Waals surface area (Å²) in [5.74, 6) is 1.12. The monoisotopic (exact) mass is 431 g/mol. The zero-order chi connectivity index (χ0) is 22.5. The molecule has 0 unspecified atom stereocenters. The standard InChI is InChI=1S/C25H21NO6/c1-29-17-9-7-16(8-10-17)24(28)25-23(20-5-3-4-6-21(20)32-25)26-22(27)15-31-19-13-11-18(30-2)12-14-19/h3-14H,15H2,1-2H3,(H,26,27). The summed E-state index contributed by atoms with van der Waals surface area (Å²) < 4.78 is 21.6. The molecule has 1 N–H and O–H groups in total. The molecule has 1 amide bonds. The van der Waals surface area contributed by atoms with Crippen molar-refractivity contribution in [3.05, 3.63) is 84.1 Å². The Morgan fingerprint density at radius 1 is 0.812 bits per heavy atom. The zero-order valence-electron chi connectivity index (χ0n) is 17.6. The number of carbonyl (C=O) groups is 2. The predicted molar refractivity (Wildman–Crippen MR) is 120 cm³/mol. The van der Waals surface area contributed by atoms with Crippen LogP contribution in [-0.4, -0.2) is 32.5 Å². The molecule has 0 saturated carbocycles. The van der Waals surface area contributed by atoms with E-state index in [-0.39, 0.29) is 18.2 Å². The van der Waals surface area contributed by atoms with E-state index in [4.69, 9.17) is 18.6 Å². The van der Waals surface area contributed by atoms with Gasteiger partial charge in [-0.1, -0.05) is 12.1 Å². The third-order valence-corrected chi connectivity index (χ3v) is 4.85. The summed E-state index contributed by atoms with van der Waals surface area (Å²) in [5.41, 5.74) is 1.22. The number of ether oxygens (including phenoxy) is 3. The lowest BCUT2D eigenvalue weighted by Gasteiger charge is -2.09. The number of amides is 1. The van der Waals surface area contributed by atoms with E-state index < -0.39 is 5.91 Å². The summed E-state index contributed by atoms with van der Waals surface area (Å²) in [4.78, 5) is 25.7. The molecule has 0 aliphatic rings. The number of para-hydroxylation sites is 1. The number of benzene rings is 3. The first-order valence-corrected chi connectivity index (χ1v) is 9.86. The van der Waals surface area contributed by atoms with E-state index in [2.05, 4.69) is 5.32 Å². The van der Waals surface area contributed by atoms with Crippen LogP contribution in [0.25, 0.3) is 11.0 Å². The molecule has 0 fully saturated rings. The molecule has 1 aromatic heterocycles. The smallest absolute Gasteiger partial charge is 0.262 e. The van der Waals surface area contributed by atoms with Crippen molar-refractivity contribution in [2.75, 3.05) is 26.1 Å². The molecule has 7 heteroatoms. The summed E-state index contributed by atoms with van der Waals surface area (Å²) in [7, 11) is 3.13. The van der Waals surface area contributed by atoms with Crippen LogP contribution in [-0.2, 0) is 4.79 Å². The minimum absolute atomic E-state index is 0.0502. The van der Waals surface area contributed by atoms with Crippen molar-refractivity contribution < 1.29 is 28.2 Å². The minimum atomic E-state index is -0.420. The molecule has 0 radical (unpaired) electrons. The maximum Gasteiger partial charge on any atom is 0.262 e. The third-order valence-electron chi connectivity index (χ3n) is 4.85. The van der Waals surface area contributed by atoms with Crippen LogP contribution in [0.15, 0.2) is 77.2 Å². The van der Waals surface area contributed by atoms with Gasteiger partial charge in [-0.3, -0.25) is 9.59 Å². The lowest BCUT2D eigenvalue weighted by Crippen LogP contribution is -2.21. The largest absolute Gasteiger partial charge is 0.497 e. The van der Waals surface area contributed by atoms with Crippen molar-refractivity contribution in [1.29, 1.82) is 0 Å². The van der Waals surface area contributed by atoms with Crippen molar-refractivity contribution in [3.63, 3.8) is 0 Å². The molecular formula is C25H21NO6. The van der Waals surface area contributed by atoms with E-state index in [0.717, 1.165) is 0 Å². The third kappa shape index (κ3) is 4.41. The molecule has 32 heavy (non-hydrogen) atoms. The van der Waals surface area contributed by atoms with Crippen LogP contribution in [0.3, 0.4) is 0 Å². The molecule has 0 bridgehead atoms. The Kier molecular flexibility index (Phi) is 6.07. The fourth-order valence-electron chi connectivity index (χ4n) is 3.20. The number of methoxy groups -OCH3 is 2. The number of hydrogen-bond acceptors (Lipinski definition) is 6. The lowest BCUT2D eigenvalue weighted by molar-refractivity contribution is -0.118. The minimum Gasteiger partial charge on any atom is -0.497 e. The van der Waals surface area contributed by atoms with E-state index in [1.165, 1.54) is 0 Å². The maximum atomic E-state index is 13.1. The van der Waals surface area contributed by atoms with Crippen molar-refractivity contribution in [2.45, 2.75) is 0 Å². The number of nitrogens with one attached hydrogen (secondary N) is 1. The molecule has 0 saturated heterocycles. The molecule has 1 heterocycles. The summed E-state index contributed by atoms with van der Waals surface area (Å²) in [6, 6.07) is 20.7. The van der Waals surface area contributed by atoms with E-state index in [9.17, 15) is 9.59 Å². The lowest BCUT2D eigenvalue weighted by atomic mass is 10.1. The van der Waals surface area contributed by atoms with Gasteiger partial charge < -0.3 is 23.9 Å². The van der Waals surface area contributed by atoms with Crippen LogP contribution in [0.2, 0.25) is 0 Å². The Labute approximate surface area is 184 Å². The molecule has 0 spiro atoms. The van der Waals surface area contributed by atoms with Crippen LogP contribution < -0.4 is 19.5 Å². The van der Waals surface area contributed by atoms with Gasteiger partial charge in [0, 0.05) is 10.9 Å². The Bertz CT molecular complexity index is 1240. The SMILES string of the molecule is COc1ccc(OCC(=O)Nc2c(C(=O)c3ccc(OC)cc3)oc3ccccc23)cc1. The average molecular weight is 431 g/mol. The van der Waals surface area contributed by atoms with Crippen molar-refractivity contribution >= 4 is 28.3 Å². The first-order valence-electron chi connectivity index (χ1n) is 9.86. The van der Waals surface area contributed by atoms with Crippen molar-refractivity contribution in [1.82, 2.24) is 0 Å². The number of ketones is 1. The molecule has 0 aliphatic heterocycles. The van der Waals surface area contributed by atoms with Gasteiger partial charge >= 0.3 is 0 Å². The Hall–Kier alpha value is -4.26. The molecular weight excluding hydrogens is 410 g/mol. The number of furan rings is 1. The van der Waals surface area contributed by atoms with E-state index in [1.807, 2.05) is 6.07 Å². The van der Waals surface area contributed by atoms with Gasteiger partial charge in [0.25, 0.3) is 5.91 Å². The highest BCUT2D eigenvalue weighted by Crippen LogP contribution is 2.32. The van der Waals surface area contributed by atoms with Crippen molar-refractivity contribution in [3.8, 4) is 17.2 Å². The quantitative estimate of drug-likeness (QED) is 0.407. The highest BCUT2D eigenvalue weighted by molar-refractivity contribution is 6.17. The van der Waals surface area contributed by atoms with Crippen LogP contribution >= 0.6 is 0 Å². The fraction of sp³-hybridized carbons (Fsp3) is 0.120. The summed E-state index contributed by atoms with van der Waals surface area (Å²) >= 11 is 0. The normalized spacial score (nSPS) is 10.6. The van der Waals surface area contributed by atoms with E-state index in [1.54, 1.807) is 80.9 Å². The van der Waals surface area contributed by atoms with Gasteiger partial charge in [-0.05, 0) is 60.7 Å². The second-order valence-corrected chi connectivity index (χ2v) is 6.87. The molecule has 4 rings (SSSR count). The Morgan fingerprint density at radius 2 is 1.41 bits per heavy atom. The number of anilines is 1. The number of carbonyl (C=O) groups excluding carboxylic acids is 2. The molecule has 0 atom stereocenters. The van der Waals surface area contributed by atoms with Crippen LogP contribution in [0.4, 0.5) is 5.69 Å². The molecule has 3 aromatic carbocycles. The van der Waals surface area contributed by atoms with Crippen LogP contribution in [0.5, 0.6) is 17.2 Å². The zero-order valence-corrected chi connectivity index (χ0v) is 17.6. The topological polar surface area (TPSA) is 87.0 Å². The van der Waals surface area contributed by atoms with Gasteiger partial charge in [0.2, 0.25) is 5.78 Å². The maximum absolute atomic E-state index is 13.1. The van der Waals surface area contributed by atoms with E-state index in [0.29, 0.717) is 39.5 Å². The van der Waals surface area contributed by atoms with Gasteiger partial charge in [0.1, 0.15) is 22.8 Å². The Morgan fingerprint density at radius 3 is 2.06 bits per heavy atom. The molecule has 162 valence electrons. The first kappa shape index (κ1) is 21.0. The molecule has 4 aromatic rings. The second kappa shape index (κ2) is 9.26. The van der Waals surface area contributed by atoms with Gasteiger partial charge in [-0.15, -0.1) is 0 Å². The molecule has 0 aliphatic carbocycles. The number of hydrogen-bond donors (Lipinski definition) is 1. The Balaban J connectivity index is 1.56. The van der Waals surface area contributed by atoms with Gasteiger partial charge in [0.05, 0.1) is 19.9 Å². The summed E-state index contributed by atoms with van der Waals surface area (Å²) in [6.07, 6.45) is 0. The highest BCUT2D eigenvalue weighted by atomic mass is 16.5. The second-order valence-electron chi connectivity index (χ2n) is 6.87. The van der Waals surface area contributed by atoms with Gasteiger partial charge in [-0.25, -0.2) is 0 Å². The van der Waals surface area contributed by atoms with Crippen LogP contribution in [0, 0.1) is 0 Å². The highest BCUT2D eigenvalue weighted by Gasteiger charge is 2.23.